The maximum absolute atomic E-state index is 15.2. The Morgan fingerprint density at radius 1 is 1.00 bits per heavy atom. The molecule has 3 aliphatic heterocycles. The van der Waals surface area contributed by atoms with Gasteiger partial charge in [0.2, 0.25) is 17.7 Å². The average molecular weight is 1030 g/mol. The van der Waals surface area contributed by atoms with E-state index in [1.54, 1.807) is 0 Å². The fourth-order valence-corrected chi connectivity index (χ4v) is 12.0. The van der Waals surface area contributed by atoms with E-state index >= 15 is 4.79 Å². The zero-order chi connectivity index (χ0) is 48.7. The molecule has 4 heterocycles. The summed E-state index contributed by atoms with van der Waals surface area (Å²) in [6, 6.07) is 5.32. The van der Waals surface area contributed by atoms with Crippen molar-refractivity contribution in [2.75, 3.05) is 32.8 Å². The van der Waals surface area contributed by atoms with E-state index in [-0.39, 0.29) is 107 Å². The first-order valence-electron chi connectivity index (χ1n) is 24.9. The third kappa shape index (κ3) is 12.1. The number of pyridine rings is 1. The number of sulfonamides is 1. The Bertz CT molecular complexity index is 2400. The number of alkyl halides is 3. The number of alkyl carbamates (subject to hydrolysis) is 1. The second-order valence-corrected chi connectivity index (χ2v) is 22.7. The quantitative estimate of drug-likeness (QED) is 0.230. The van der Waals surface area contributed by atoms with Gasteiger partial charge >= 0.3 is 63.8 Å². The molecule has 2 bridgehead atoms. The van der Waals surface area contributed by atoms with E-state index in [1.165, 1.54) is 17.9 Å². The first kappa shape index (κ1) is 53.2. The standard InChI is InChI=1S/C49H65F3N6O10S.K/c1-3-32-28-48(32,45(61)56-69(63,64)47(2)20-21-47)55-42(59)38-27-34-29-58(38)44(60)40(30-12-6-4-7-13-30)54-46(62)68-39-26-31(39)14-8-5-9-16-36-41(35-15-10-11-17-37(35)53-43(36)67-34)66-33-18-22-57(23-19-33)24-25-65-49(50,51)52;/h3,10-11,15,17,30-34,38-40H,1,4-9,12-14,16,18-29H2,2H3,(H3,54,55,56,59,61,62);/q;+1/p-1/t31-,32-,34-,38+,39-,40+,48-;/m1./s1. The van der Waals surface area contributed by atoms with Crippen molar-refractivity contribution in [2.45, 2.75) is 163 Å². The topological polar surface area (TPSA) is 197 Å². The minimum absolute atomic E-state index is 0. The van der Waals surface area contributed by atoms with Gasteiger partial charge in [-0.3, -0.25) is 14.3 Å². The summed E-state index contributed by atoms with van der Waals surface area (Å²) in [4.78, 5) is 65.8. The van der Waals surface area contributed by atoms with E-state index in [9.17, 15) is 36.0 Å². The zero-order valence-corrected chi connectivity index (χ0v) is 44.1. The molecule has 2 N–H and O–H groups in total. The molecule has 70 heavy (non-hydrogen) atoms. The van der Waals surface area contributed by atoms with Crippen molar-refractivity contribution in [2.24, 2.45) is 17.8 Å². The Labute approximate surface area is 450 Å². The maximum Gasteiger partial charge on any atom is 1.00 e. The summed E-state index contributed by atoms with van der Waals surface area (Å²) in [6.45, 7) is 5.99. The van der Waals surface area contributed by atoms with Crippen LogP contribution in [0.15, 0.2) is 36.9 Å². The van der Waals surface area contributed by atoms with Gasteiger partial charge < -0.3 is 44.2 Å². The zero-order valence-electron chi connectivity index (χ0n) is 40.2. The molecule has 4 saturated carbocycles. The van der Waals surface area contributed by atoms with Crippen molar-refractivity contribution < 1.29 is 111 Å². The average Bonchev–Trinajstić information content (AvgIpc) is 4.28. The number of likely N-dealkylation sites (tertiary alicyclic amines) is 1. The number of para-hydroxylation sites is 1. The van der Waals surface area contributed by atoms with Gasteiger partial charge in [-0.05, 0) is 102 Å². The van der Waals surface area contributed by atoms with Crippen molar-refractivity contribution in [1.29, 1.82) is 0 Å². The van der Waals surface area contributed by atoms with E-state index in [1.807, 2.05) is 29.2 Å². The number of nitrogens with zero attached hydrogens (tertiary/aromatic N) is 4. The summed E-state index contributed by atoms with van der Waals surface area (Å²) >= 11 is 0. The molecule has 0 unspecified atom stereocenters. The molecule has 2 aromatic rings. The minimum atomic E-state index is -4.69. The van der Waals surface area contributed by atoms with Crippen molar-refractivity contribution in [1.82, 2.24) is 25.4 Å². The molecule has 378 valence electrons. The van der Waals surface area contributed by atoms with Gasteiger partial charge in [-0.15, -0.1) is 19.8 Å². The minimum Gasteiger partial charge on any atom is -0.543 e. The number of aromatic nitrogens is 1. The van der Waals surface area contributed by atoms with E-state index in [2.05, 4.69) is 26.7 Å². The van der Waals surface area contributed by atoms with Crippen molar-refractivity contribution in [3.05, 3.63) is 47.2 Å². The predicted octanol–water partition coefficient (Wildman–Crippen LogP) is 3.99. The number of carbonyl (C=O) groups excluding carboxylic acids is 4. The van der Waals surface area contributed by atoms with Crippen LogP contribution >= 0.6 is 0 Å². The second kappa shape index (κ2) is 21.8. The monoisotopic (exact) mass is 1020 g/mol. The molecule has 7 atom stereocenters. The second-order valence-electron chi connectivity index (χ2n) is 20.6. The molecule has 7 aliphatic rings. The van der Waals surface area contributed by atoms with Crippen LogP contribution in [0, 0.1) is 17.8 Å². The Kier molecular flexibility index (Phi) is 16.6. The van der Waals surface area contributed by atoms with Gasteiger partial charge in [-0.1, -0.05) is 50.3 Å². The molecule has 16 nitrogen and oxygen atoms in total. The number of halogens is 3. The Morgan fingerprint density at radius 2 is 1.70 bits per heavy atom. The van der Waals surface area contributed by atoms with Crippen LogP contribution in [0.5, 0.6) is 11.6 Å². The number of fused-ring (bicyclic) bond motifs is 5. The number of hydrogen-bond acceptors (Lipinski definition) is 12. The first-order valence-corrected chi connectivity index (χ1v) is 26.3. The van der Waals surface area contributed by atoms with Crippen molar-refractivity contribution in [3.8, 4) is 11.6 Å². The molecule has 4 amide bonds. The van der Waals surface area contributed by atoms with Gasteiger partial charge in [0.05, 0.1) is 40.4 Å². The summed E-state index contributed by atoms with van der Waals surface area (Å²) in [5.41, 5.74) is -0.349. The van der Waals surface area contributed by atoms with Gasteiger partial charge in [-0.2, -0.15) is 0 Å². The van der Waals surface area contributed by atoms with Crippen molar-refractivity contribution >= 4 is 44.7 Å². The number of nitrogens with one attached hydrogen (secondary N) is 2. The number of benzene rings is 1. The molecule has 6 fully saturated rings. The molecule has 2 saturated heterocycles. The van der Waals surface area contributed by atoms with Crippen LogP contribution in [0.1, 0.15) is 115 Å². The van der Waals surface area contributed by atoms with Gasteiger partial charge in [0.1, 0.15) is 46.2 Å². The van der Waals surface area contributed by atoms with Crippen LogP contribution in [0.3, 0.4) is 0 Å². The SMILES string of the molecule is C=C[C@@H]1C[C@]1(NC(=O)[C@@H]1C[C@@H]2CN1C(=O)[C@H](C1CCCCC1)NC(=O)O[C@@H]1C[C@H]1CCCCCc1c(nc3ccccc3c1OC1CCN(CCOC(F)(F)F)CC1)O2)C(=O)[N-]S(=O)(=O)C1(C)CC1.[K+]. The summed E-state index contributed by atoms with van der Waals surface area (Å²) in [5, 5.41) is 6.54. The molecule has 0 spiro atoms. The fourth-order valence-electron chi connectivity index (χ4n) is 10.8. The number of hydrogen-bond donors (Lipinski definition) is 2. The number of carbonyl (C=O) groups is 4. The van der Waals surface area contributed by atoms with Gasteiger partial charge in [0, 0.05) is 37.4 Å². The Balaban J connectivity index is 0.00000659. The van der Waals surface area contributed by atoms with Crippen molar-refractivity contribution in [3.63, 3.8) is 0 Å². The van der Waals surface area contributed by atoms with Crippen LogP contribution in [-0.4, -0.2) is 127 Å². The molecule has 4 aliphatic carbocycles. The Hall–Kier alpha value is -3.05. The normalized spacial score (nSPS) is 29.9. The largest absolute Gasteiger partial charge is 1.00 e. The van der Waals surface area contributed by atoms with Crippen LogP contribution < -0.4 is 71.5 Å². The maximum atomic E-state index is 15.2. The summed E-state index contributed by atoms with van der Waals surface area (Å²) in [7, 11) is -4.18. The fraction of sp³-hybridized carbons (Fsp3) is 0.694. The molecular formula is C49H64F3KN6O10S. The molecular weight excluding hydrogens is 961 g/mol. The van der Waals surface area contributed by atoms with Crippen LogP contribution in [0.2, 0.25) is 0 Å². The Morgan fingerprint density at radius 3 is 2.39 bits per heavy atom. The smallest absolute Gasteiger partial charge is 0.543 e. The number of ether oxygens (including phenoxy) is 4. The van der Waals surface area contributed by atoms with E-state index in [0.29, 0.717) is 69.3 Å². The molecule has 0 radical (unpaired) electrons. The van der Waals surface area contributed by atoms with Gasteiger partial charge in [0.15, 0.2) is 0 Å². The van der Waals surface area contributed by atoms with Crippen LogP contribution in [-0.2, 0) is 40.3 Å². The summed E-state index contributed by atoms with van der Waals surface area (Å²) in [5.74, 6) is -1.92. The first-order chi connectivity index (χ1) is 33.0. The molecule has 21 heteroatoms. The third-order valence-corrected chi connectivity index (χ3v) is 17.7. The van der Waals surface area contributed by atoms with Crippen LogP contribution in [0.25, 0.3) is 15.6 Å². The van der Waals surface area contributed by atoms with E-state index < -0.39 is 81.2 Å². The number of piperidine rings is 1. The molecule has 9 rings (SSSR count). The number of amides is 4. The van der Waals surface area contributed by atoms with E-state index in [0.717, 1.165) is 62.3 Å². The van der Waals surface area contributed by atoms with Gasteiger partial charge in [-0.25, -0.2) is 18.2 Å². The molecule has 1 aromatic carbocycles. The summed E-state index contributed by atoms with van der Waals surface area (Å²) < 4.78 is 90.7. The van der Waals surface area contributed by atoms with Gasteiger partial charge in [0.25, 0.3) is 0 Å². The molecule has 1 aromatic heterocycles. The number of rotatable bonds is 12. The van der Waals surface area contributed by atoms with Crippen LogP contribution in [0.4, 0.5) is 18.0 Å². The summed E-state index contributed by atoms with van der Waals surface area (Å²) in [6.07, 6.45) is 5.38. The van der Waals surface area contributed by atoms with E-state index in [4.69, 9.17) is 19.2 Å². The third-order valence-electron chi connectivity index (χ3n) is 15.6. The predicted molar refractivity (Wildman–Crippen MR) is 247 cm³/mol.